The predicted octanol–water partition coefficient (Wildman–Crippen LogP) is 3.11. The van der Waals surface area contributed by atoms with Crippen LogP contribution in [0.25, 0.3) is 11.3 Å². The number of hydrogen-bond acceptors (Lipinski definition) is 5. The first-order valence-corrected chi connectivity index (χ1v) is 8.76. The molecule has 25 heavy (non-hydrogen) atoms. The lowest BCUT2D eigenvalue weighted by Gasteiger charge is -2.22. The molecule has 1 aromatic carbocycles. The molecule has 1 aliphatic heterocycles. The molecule has 5 nitrogen and oxygen atoms in total. The molecule has 0 unspecified atom stereocenters. The Morgan fingerprint density at radius 1 is 1.04 bits per heavy atom. The summed E-state index contributed by atoms with van der Waals surface area (Å²) in [5, 5.41) is 3.47. The van der Waals surface area contributed by atoms with Crippen molar-refractivity contribution in [3.63, 3.8) is 0 Å². The number of anilines is 1. The van der Waals surface area contributed by atoms with Gasteiger partial charge in [-0.05, 0) is 51.1 Å². The fourth-order valence-electron chi connectivity index (χ4n) is 3.17. The normalized spacial score (nSPS) is 13.4. The molecule has 0 aliphatic carbocycles. The maximum absolute atomic E-state index is 5.28. The number of nitrogens with zero attached hydrogens (tertiary/aromatic N) is 3. The van der Waals surface area contributed by atoms with E-state index < -0.39 is 0 Å². The fraction of sp³-hybridized carbons (Fsp3) is 0.474. The van der Waals surface area contributed by atoms with Gasteiger partial charge in [0.05, 0.1) is 18.5 Å². The van der Waals surface area contributed by atoms with Crippen LogP contribution in [0.1, 0.15) is 25.1 Å². The molecule has 136 valence electrons. The van der Waals surface area contributed by atoms with Crippen LogP contribution in [0.3, 0.4) is 0 Å². The number of rotatable bonds is 5. The molecule has 0 bridgehead atoms. The number of nitrogens with one attached hydrogen (secondary N) is 1. The topological polar surface area (TPSA) is 50.3 Å². The minimum Gasteiger partial charge on any atom is -0.497 e. The first-order valence-electron chi connectivity index (χ1n) is 8.76. The standard InChI is InChI=1S/C19H26N4O.ClH/c1-4-23(5-2)19-21-17-11-13-20-12-10-16(17)18(22-19)14-6-8-15(24-3)9-7-14;/h6-9,20H,4-5,10-13H2,1-3H3;1H. The predicted molar refractivity (Wildman–Crippen MR) is 105 cm³/mol. The number of aromatic nitrogens is 2. The number of benzene rings is 1. The van der Waals surface area contributed by atoms with Crippen molar-refractivity contribution in [2.45, 2.75) is 26.7 Å². The summed E-state index contributed by atoms with van der Waals surface area (Å²) in [5.41, 5.74) is 4.65. The van der Waals surface area contributed by atoms with Gasteiger partial charge in [0.15, 0.2) is 0 Å². The van der Waals surface area contributed by atoms with E-state index in [1.807, 2.05) is 12.1 Å². The van der Waals surface area contributed by atoms with Crippen LogP contribution in [0.5, 0.6) is 5.75 Å². The smallest absolute Gasteiger partial charge is 0.226 e. The highest BCUT2D eigenvalue weighted by atomic mass is 35.5. The molecule has 0 saturated carbocycles. The summed E-state index contributed by atoms with van der Waals surface area (Å²) < 4.78 is 5.28. The molecular weight excluding hydrogens is 336 g/mol. The van der Waals surface area contributed by atoms with E-state index in [9.17, 15) is 0 Å². The van der Waals surface area contributed by atoms with Crippen LogP contribution in [-0.2, 0) is 12.8 Å². The highest BCUT2D eigenvalue weighted by molar-refractivity contribution is 5.85. The van der Waals surface area contributed by atoms with Crippen molar-refractivity contribution in [2.75, 3.05) is 38.2 Å². The van der Waals surface area contributed by atoms with Gasteiger partial charge in [0.1, 0.15) is 5.75 Å². The minimum atomic E-state index is 0. The van der Waals surface area contributed by atoms with E-state index in [-0.39, 0.29) is 12.4 Å². The van der Waals surface area contributed by atoms with Gasteiger partial charge in [-0.25, -0.2) is 9.97 Å². The maximum atomic E-state index is 5.28. The van der Waals surface area contributed by atoms with Crippen LogP contribution in [-0.4, -0.2) is 43.3 Å². The monoisotopic (exact) mass is 362 g/mol. The second-order valence-electron chi connectivity index (χ2n) is 5.95. The van der Waals surface area contributed by atoms with Crippen molar-refractivity contribution < 1.29 is 4.74 Å². The molecule has 1 aromatic heterocycles. The lowest BCUT2D eigenvalue weighted by molar-refractivity contribution is 0.415. The van der Waals surface area contributed by atoms with Gasteiger partial charge in [0.2, 0.25) is 5.95 Å². The quantitative estimate of drug-likeness (QED) is 0.885. The zero-order valence-electron chi connectivity index (χ0n) is 15.2. The molecule has 0 amide bonds. The van der Waals surface area contributed by atoms with Crippen LogP contribution in [0, 0.1) is 0 Å². The Kier molecular flexibility index (Phi) is 7.02. The van der Waals surface area contributed by atoms with Crippen LogP contribution in [0.15, 0.2) is 24.3 Å². The summed E-state index contributed by atoms with van der Waals surface area (Å²) >= 11 is 0. The van der Waals surface area contributed by atoms with E-state index in [4.69, 9.17) is 14.7 Å². The van der Waals surface area contributed by atoms with Crippen LogP contribution in [0.2, 0.25) is 0 Å². The van der Waals surface area contributed by atoms with Crippen molar-refractivity contribution in [3.05, 3.63) is 35.5 Å². The molecule has 3 rings (SSSR count). The van der Waals surface area contributed by atoms with Crippen molar-refractivity contribution in [1.82, 2.24) is 15.3 Å². The Morgan fingerprint density at radius 2 is 1.72 bits per heavy atom. The Bertz CT molecular complexity index is 687. The van der Waals surface area contributed by atoms with Crippen molar-refractivity contribution in [1.29, 1.82) is 0 Å². The lowest BCUT2D eigenvalue weighted by atomic mass is 10.0. The molecule has 2 heterocycles. The number of halogens is 1. The summed E-state index contributed by atoms with van der Waals surface area (Å²) in [6.07, 6.45) is 1.92. The maximum Gasteiger partial charge on any atom is 0.226 e. The number of fused-ring (bicyclic) bond motifs is 1. The summed E-state index contributed by atoms with van der Waals surface area (Å²) in [6.45, 7) is 8.07. The van der Waals surface area contributed by atoms with Gasteiger partial charge in [-0.2, -0.15) is 0 Å². The van der Waals surface area contributed by atoms with Gasteiger partial charge in [-0.15, -0.1) is 12.4 Å². The molecule has 0 saturated heterocycles. The van der Waals surface area contributed by atoms with Gasteiger partial charge in [0, 0.05) is 37.2 Å². The van der Waals surface area contributed by atoms with Crippen molar-refractivity contribution in [3.8, 4) is 17.0 Å². The molecule has 6 heteroatoms. The highest BCUT2D eigenvalue weighted by Gasteiger charge is 2.19. The SMILES string of the molecule is CCN(CC)c1nc2c(c(-c3ccc(OC)cc3)n1)CCNCC2.Cl. The third-order valence-corrected chi connectivity index (χ3v) is 4.58. The Labute approximate surface area is 156 Å². The van der Waals surface area contributed by atoms with Crippen LogP contribution >= 0.6 is 12.4 Å². The average Bonchev–Trinajstić information content (AvgIpc) is 2.88. The summed E-state index contributed by atoms with van der Waals surface area (Å²) in [4.78, 5) is 12.0. The molecule has 0 fully saturated rings. The first kappa shape index (κ1) is 19.5. The molecule has 2 aromatic rings. The van der Waals surface area contributed by atoms with Crippen molar-refractivity contribution >= 4 is 18.4 Å². The van der Waals surface area contributed by atoms with Gasteiger partial charge < -0.3 is 15.0 Å². The van der Waals surface area contributed by atoms with E-state index in [0.29, 0.717) is 0 Å². The largest absolute Gasteiger partial charge is 0.497 e. The summed E-state index contributed by atoms with van der Waals surface area (Å²) in [7, 11) is 1.69. The number of ether oxygens (including phenoxy) is 1. The Morgan fingerprint density at radius 3 is 2.36 bits per heavy atom. The van der Waals surface area contributed by atoms with E-state index in [1.165, 1.54) is 11.3 Å². The third kappa shape index (κ3) is 4.22. The summed E-state index contributed by atoms with van der Waals surface area (Å²) in [5.74, 6) is 1.70. The van der Waals surface area contributed by atoms with Gasteiger partial charge >= 0.3 is 0 Å². The zero-order chi connectivity index (χ0) is 16.9. The number of methoxy groups -OCH3 is 1. The van der Waals surface area contributed by atoms with Crippen LogP contribution in [0.4, 0.5) is 5.95 Å². The second kappa shape index (κ2) is 9.02. The minimum absolute atomic E-state index is 0. The number of hydrogen-bond donors (Lipinski definition) is 1. The Balaban J connectivity index is 0.00000225. The molecule has 1 N–H and O–H groups in total. The van der Waals surface area contributed by atoms with E-state index in [1.54, 1.807) is 7.11 Å². The van der Waals surface area contributed by atoms with E-state index in [2.05, 4.69) is 36.2 Å². The van der Waals surface area contributed by atoms with E-state index in [0.717, 1.165) is 62.0 Å². The average molecular weight is 363 g/mol. The molecule has 1 aliphatic rings. The van der Waals surface area contributed by atoms with Crippen LogP contribution < -0.4 is 15.0 Å². The van der Waals surface area contributed by atoms with E-state index >= 15 is 0 Å². The Hall–Kier alpha value is -1.85. The van der Waals surface area contributed by atoms with Gasteiger partial charge in [-0.1, -0.05) is 0 Å². The lowest BCUT2D eigenvalue weighted by Crippen LogP contribution is -2.25. The molecular formula is C19H27ClN4O. The second-order valence-corrected chi connectivity index (χ2v) is 5.95. The zero-order valence-corrected chi connectivity index (χ0v) is 16.0. The highest BCUT2D eigenvalue weighted by Crippen LogP contribution is 2.29. The van der Waals surface area contributed by atoms with Gasteiger partial charge in [-0.3, -0.25) is 0 Å². The van der Waals surface area contributed by atoms with Gasteiger partial charge in [0.25, 0.3) is 0 Å². The van der Waals surface area contributed by atoms with Crippen molar-refractivity contribution in [2.24, 2.45) is 0 Å². The first-order chi connectivity index (χ1) is 11.8. The molecule has 0 atom stereocenters. The fourth-order valence-corrected chi connectivity index (χ4v) is 3.17. The summed E-state index contributed by atoms with van der Waals surface area (Å²) in [6, 6.07) is 8.17. The third-order valence-electron chi connectivity index (χ3n) is 4.58. The molecule has 0 radical (unpaired) electrons. The molecule has 0 spiro atoms.